The standard InChI is InChI=1S/C23H21ClN2O3/c1-2-21(23(28)26-25-22(27)18-8-12-19(24)13-9-18)29-20-14-10-17(11-15-20)16-6-4-3-5-7-16/h3-15,21H,2H2,1H3,(H,25,27)(H,26,28). The quantitative estimate of drug-likeness (QED) is 0.584. The predicted octanol–water partition coefficient (Wildman–Crippen LogP) is 4.63. The molecule has 0 radical (unpaired) electrons. The van der Waals surface area contributed by atoms with Gasteiger partial charge >= 0.3 is 0 Å². The minimum absolute atomic E-state index is 0.389. The van der Waals surface area contributed by atoms with Crippen LogP contribution in [0.3, 0.4) is 0 Å². The van der Waals surface area contributed by atoms with E-state index in [-0.39, 0.29) is 0 Å². The van der Waals surface area contributed by atoms with Crippen LogP contribution in [-0.4, -0.2) is 17.9 Å². The van der Waals surface area contributed by atoms with Crippen molar-refractivity contribution in [2.24, 2.45) is 0 Å². The highest BCUT2D eigenvalue weighted by atomic mass is 35.5. The fraction of sp³-hybridized carbons (Fsp3) is 0.130. The van der Waals surface area contributed by atoms with Crippen LogP contribution in [-0.2, 0) is 4.79 Å². The van der Waals surface area contributed by atoms with Crippen molar-refractivity contribution in [2.45, 2.75) is 19.4 Å². The molecule has 0 spiro atoms. The van der Waals surface area contributed by atoms with Crippen molar-refractivity contribution in [3.63, 3.8) is 0 Å². The highest BCUT2D eigenvalue weighted by molar-refractivity contribution is 6.30. The molecule has 0 heterocycles. The number of hydrogen-bond acceptors (Lipinski definition) is 3. The van der Waals surface area contributed by atoms with Crippen LogP contribution in [0.1, 0.15) is 23.7 Å². The maximum atomic E-state index is 12.4. The summed E-state index contributed by atoms with van der Waals surface area (Å²) in [6, 6.07) is 23.9. The van der Waals surface area contributed by atoms with Crippen molar-refractivity contribution in [1.29, 1.82) is 0 Å². The van der Waals surface area contributed by atoms with Crippen LogP contribution in [0.2, 0.25) is 5.02 Å². The molecule has 148 valence electrons. The van der Waals surface area contributed by atoms with Gasteiger partial charge in [0.05, 0.1) is 0 Å². The summed E-state index contributed by atoms with van der Waals surface area (Å²) >= 11 is 5.81. The first kappa shape index (κ1) is 20.4. The third kappa shape index (κ3) is 5.59. The van der Waals surface area contributed by atoms with Crippen molar-refractivity contribution < 1.29 is 14.3 Å². The SMILES string of the molecule is CCC(Oc1ccc(-c2ccccc2)cc1)C(=O)NNC(=O)c1ccc(Cl)cc1. The fourth-order valence-corrected chi connectivity index (χ4v) is 2.84. The number of carbonyl (C=O) groups is 2. The lowest BCUT2D eigenvalue weighted by atomic mass is 10.1. The molecule has 0 saturated carbocycles. The normalized spacial score (nSPS) is 11.4. The van der Waals surface area contributed by atoms with Gasteiger partial charge in [-0.05, 0) is 53.9 Å². The molecule has 0 fully saturated rings. The van der Waals surface area contributed by atoms with E-state index in [1.54, 1.807) is 24.3 Å². The first-order valence-electron chi connectivity index (χ1n) is 9.24. The van der Waals surface area contributed by atoms with E-state index in [0.717, 1.165) is 11.1 Å². The number of rotatable bonds is 6. The van der Waals surface area contributed by atoms with Gasteiger partial charge in [-0.2, -0.15) is 0 Å². The number of amides is 2. The smallest absolute Gasteiger partial charge is 0.279 e. The van der Waals surface area contributed by atoms with Gasteiger partial charge in [-0.15, -0.1) is 0 Å². The number of carbonyl (C=O) groups excluding carboxylic acids is 2. The molecule has 3 aromatic rings. The summed E-state index contributed by atoms with van der Waals surface area (Å²) in [6.45, 7) is 1.84. The Morgan fingerprint density at radius 3 is 2.10 bits per heavy atom. The van der Waals surface area contributed by atoms with Crippen LogP contribution in [0.15, 0.2) is 78.9 Å². The van der Waals surface area contributed by atoms with Gasteiger partial charge in [-0.3, -0.25) is 20.4 Å². The number of hydrazine groups is 1. The summed E-state index contributed by atoms with van der Waals surface area (Å²) in [5.41, 5.74) is 7.35. The van der Waals surface area contributed by atoms with Gasteiger partial charge in [0.1, 0.15) is 5.75 Å². The first-order chi connectivity index (χ1) is 14.1. The average Bonchev–Trinajstić information content (AvgIpc) is 2.77. The van der Waals surface area contributed by atoms with Gasteiger partial charge in [0.2, 0.25) is 0 Å². The van der Waals surface area contributed by atoms with Crippen LogP contribution in [0, 0.1) is 0 Å². The van der Waals surface area contributed by atoms with Crippen molar-refractivity contribution >= 4 is 23.4 Å². The van der Waals surface area contributed by atoms with E-state index in [1.807, 2.05) is 61.5 Å². The van der Waals surface area contributed by atoms with Gasteiger partial charge in [0.15, 0.2) is 6.10 Å². The molecule has 5 nitrogen and oxygen atoms in total. The molecule has 1 atom stereocenters. The second kappa shape index (κ2) is 9.75. The Morgan fingerprint density at radius 2 is 1.48 bits per heavy atom. The van der Waals surface area contributed by atoms with Gasteiger partial charge < -0.3 is 4.74 Å². The average molecular weight is 409 g/mol. The van der Waals surface area contributed by atoms with Gasteiger partial charge in [0.25, 0.3) is 11.8 Å². The Labute approximate surface area is 174 Å². The highest BCUT2D eigenvalue weighted by Gasteiger charge is 2.19. The van der Waals surface area contributed by atoms with Crippen molar-refractivity contribution in [3.8, 4) is 16.9 Å². The van der Waals surface area contributed by atoms with E-state index in [9.17, 15) is 9.59 Å². The second-order valence-corrected chi connectivity index (χ2v) is 6.79. The highest BCUT2D eigenvalue weighted by Crippen LogP contribution is 2.23. The van der Waals surface area contributed by atoms with Crippen molar-refractivity contribution in [1.82, 2.24) is 10.9 Å². The molecule has 6 heteroatoms. The van der Waals surface area contributed by atoms with E-state index in [2.05, 4.69) is 10.9 Å². The Bertz CT molecular complexity index is 958. The summed E-state index contributed by atoms with van der Waals surface area (Å²) in [6.07, 6.45) is -0.286. The van der Waals surface area contributed by atoms with E-state index >= 15 is 0 Å². The third-order valence-electron chi connectivity index (χ3n) is 4.31. The molecule has 2 amide bonds. The van der Waals surface area contributed by atoms with Crippen LogP contribution in [0.25, 0.3) is 11.1 Å². The molecular weight excluding hydrogens is 388 g/mol. The molecule has 0 aliphatic rings. The van der Waals surface area contributed by atoms with Gasteiger partial charge in [-0.1, -0.05) is 61.0 Å². The molecule has 0 aliphatic heterocycles. The third-order valence-corrected chi connectivity index (χ3v) is 4.56. The number of halogens is 1. The summed E-state index contributed by atoms with van der Waals surface area (Å²) in [5.74, 6) is -0.283. The largest absolute Gasteiger partial charge is 0.481 e. The van der Waals surface area contributed by atoms with E-state index in [0.29, 0.717) is 22.8 Å². The van der Waals surface area contributed by atoms with Gasteiger partial charge in [0, 0.05) is 10.6 Å². The zero-order valence-electron chi connectivity index (χ0n) is 15.9. The molecule has 1 unspecified atom stereocenters. The maximum absolute atomic E-state index is 12.4. The lowest BCUT2D eigenvalue weighted by Gasteiger charge is -2.18. The Kier molecular flexibility index (Phi) is 6.87. The second-order valence-electron chi connectivity index (χ2n) is 6.36. The maximum Gasteiger partial charge on any atom is 0.279 e. The summed E-state index contributed by atoms with van der Waals surface area (Å²) in [5, 5.41) is 0.531. The minimum atomic E-state index is -0.733. The Morgan fingerprint density at radius 1 is 0.862 bits per heavy atom. The number of benzene rings is 3. The Balaban J connectivity index is 1.57. The zero-order valence-corrected chi connectivity index (χ0v) is 16.6. The molecule has 0 bridgehead atoms. The van der Waals surface area contributed by atoms with Crippen molar-refractivity contribution in [2.75, 3.05) is 0 Å². The van der Waals surface area contributed by atoms with Crippen LogP contribution < -0.4 is 15.6 Å². The topological polar surface area (TPSA) is 67.4 Å². The van der Waals surface area contributed by atoms with E-state index < -0.39 is 17.9 Å². The van der Waals surface area contributed by atoms with Crippen molar-refractivity contribution in [3.05, 3.63) is 89.4 Å². The van der Waals surface area contributed by atoms with Gasteiger partial charge in [-0.25, -0.2) is 0 Å². The molecular formula is C23H21ClN2O3. The fourth-order valence-electron chi connectivity index (χ4n) is 2.72. The minimum Gasteiger partial charge on any atom is -0.481 e. The zero-order chi connectivity index (χ0) is 20.6. The summed E-state index contributed by atoms with van der Waals surface area (Å²) in [7, 11) is 0. The van der Waals surface area contributed by atoms with Crippen LogP contribution in [0.5, 0.6) is 5.75 Å². The molecule has 3 aromatic carbocycles. The van der Waals surface area contributed by atoms with E-state index in [1.165, 1.54) is 0 Å². The molecule has 0 aromatic heterocycles. The molecule has 0 aliphatic carbocycles. The number of hydrogen-bond donors (Lipinski definition) is 2. The predicted molar refractivity (Wildman–Crippen MR) is 114 cm³/mol. The van der Waals surface area contributed by atoms with Crippen LogP contribution in [0.4, 0.5) is 0 Å². The first-order valence-corrected chi connectivity index (χ1v) is 9.62. The molecule has 0 saturated heterocycles. The molecule has 29 heavy (non-hydrogen) atoms. The molecule has 2 N–H and O–H groups in total. The number of ether oxygens (including phenoxy) is 1. The lowest BCUT2D eigenvalue weighted by Crippen LogP contribution is -2.47. The molecule has 3 rings (SSSR count). The van der Waals surface area contributed by atoms with E-state index in [4.69, 9.17) is 16.3 Å². The monoisotopic (exact) mass is 408 g/mol. The summed E-state index contributed by atoms with van der Waals surface area (Å²) < 4.78 is 5.79. The summed E-state index contributed by atoms with van der Waals surface area (Å²) in [4.78, 5) is 24.5. The number of nitrogens with one attached hydrogen (secondary N) is 2. The van der Waals surface area contributed by atoms with Crippen LogP contribution >= 0.6 is 11.6 Å². The lowest BCUT2D eigenvalue weighted by molar-refractivity contribution is -0.128. The Hall–Kier alpha value is -3.31.